The van der Waals surface area contributed by atoms with E-state index in [4.69, 9.17) is 14.3 Å². The van der Waals surface area contributed by atoms with Crippen molar-refractivity contribution >= 4 is 12.0 Å². The molecule has 0 unspecified atom stereocenters. The average molecular weight is 486 g/mol. The Balaban J connectivity index is 1.59. The highest BCUT2D eigenvalue weighted by Crippen LogP contribution is 2.29. The first-order valence-corrected chi connectivity index (χ1v) is 11.6. The third-order valence-corrected chi connectivity index (χ3v) is 5.68. The van der Waals surface area contributed by atoms with E-state index in [-0.39, 0.29) is 12.5 Å². The van der Waals surface area contributed by atoms with Crippen molar-refractivity contribution in [2.75, 3.05) is 13.7 Å². The van der Waals surface area contributed by atoms with E-state index in [1.54, 1.807) is 18.3 Å². The Labute approximate surface area is 209 Å². The number of ether oxygens (including phenoxy) is 1. The number of carbonyl (C=O) groups is 2. The summed E-state index contributed by atoms with van der Waals surface area (Å²) in [6, 6.07) is 24.2. The lowest BCUT2D eigenvalue weighted by molar-refractivity contribution is 0.0924. The molecule has 1 aromatic heterocycles. The number of oxazole rings is 1. The number of amides is 2. The van der Waals surface area contributed by atoms with Crippen LogP contribution < -0.4 is 15.4 Å². The Bertz CT molecular complexity index is 1310. The molecule has 0 saturated carbocycles. The van der Waals surface area contributed by atoms with Gasteiger partial charge in [-0.15, -0.1) is 0 Å². The summed E-state index contributed by atoms with van der Waals surface area (Å²) < 4.78 is 11.5. The predicted molar refractivity (Wildman–Crippen MR) is 136 cm³/mol. The van der Waals surface area contributed by atoms with Gasteiger partial charge in [0.25, 0.3) is 5.91 Å². The van der Waals surface area contributed by atoms with Gasteiger partial charge in [-0.3, -0.25) is 4.79 Å². The molecule has 4 rings (SSSR count). The van der Waals surface area contributed by atoms with Crippen molar-refractivity contribution in [3.8, 4) is 28.2 Å². The molecule has 0 saturated heterocycles. The predicted octanol–water partition coefficient (Wildman–Crippen LogP) is 5.54. The molecule has 3 aromatic carbocycles. The van der Waals surface area contributed by atoms with Gasteiger partial charge in [-0.2, -0.15) is 0 Å². The maximum atomic E-state index is 13.4. The van der Waals surface area contributed by atoms with Gasteiger partial charge in [-0.1, -0.05) is 66.7 Å². The van der Waals surface area contributed by atoms with E-state index < -0.39 is 12.1 Å². The lowest BCUT2D eigenvalue weighted by Gasteiger charge is -2.17. The van der Waals surface area contributed by atoms with Crippen LogP contribution in [-0.2, 0) is 0 Å². The van der Waals surface area contributed by atoms with E-state index in [2.05, 4.69) is 15.6 Å². The van der Waals surface area contributed by atoms with Crippen molar-refractivity contribution in [3.63, 3.8) is 0 Å². The molecule has 0 aliphatic rings. The first-order chi connectivity index (χ1) is 17.5. The average Bonchev–Trinajstić information content (AvgIpc) is 3.41. The minimum atomic E-state index is -1.10. The minimum Gasteiger partial charge on any atom is -0.496 e. The SMILES string of the molecule is COc1ccc(-c2ccccc2)cc1C(=O)N[C@@H](CCCNC(=O)O)c1ncc(-c2ccccc2)o1. The Morgan fingerprint density at radius 3 is 2.33 bits per heavy atom. The third-order valence-electron chi connectivity index (χ3n) is 5.68. The fourth-order valence-electron chi connectivity index (χ4n) is 3.88. The second-order valence-electron chi connectivity index (χ2n) is 8.11. The van der Waals surface area contributed by atoms with Crippen LogP contribution in [0.25, 0.3) is 22.5 Å². The molecule has 36 heavy (non-hydrogen) atoms. The monoisotopic (exact) mass is 485 g/mol. The smallest absolute Gasteiger partial charge is 0.404 e. The summed E-state index contributed by atoms with van der Waals surface area (Å²) in [4.78, 5) is 28.7. The summed E-state index contributed by atoms with van der Waals surface area (Å²) in [5.74, 6) is 1.02. The van der Waals surface area contributed by atoms with Gasteiger partial charge in [0.1, 0.15) is 11.8 Å². The van der Waals surface area contributed by atoms with Crippen molar-refractivity contribution in [3.05, 3.63) is 96.5 Å². The number of carboxylic acid groups (broad SMARTS) is 1. The first-order valence-electron chi connectivity index (χ1n) is 11.6. The van der Waals surface area contributed by atoms with Crippen molar-refractivity contribution in [2.24, 2.45) is 0 Å². The molecule has 0 bridgehead atoms. The highest BCUT2D eigenvalue weighted by atomic mass is 16.5. The topological polar surface area (TPSA) is 114 Å². The summed E-state index contributed by atoms with van der Waals surface area (Å²) in [6.07, 6.45) is 1.42. The number of aromatic nitrogens is 1. The van der Waals surface area contributed by atoms with Crippen molar-refractivity contribution in [1.29, 1.82) is 0 Å². The summed E-state index contributed by atoms with van der Waals surface area (Å²) in [5.41, 5.74) is 3.10. The van der Waals surface area contributed by atoms with Gasteiger partial charge in [0.05, 0.1) is 18.9 Å². The second-order valence-corrected chi connectivity index (χ2v) is 8.11. The third kappa shape index (κ3) is 6.09. The number of rotatable bonds is 10. The Hall–Kier alpha value is -4.59. The van der Waals surface area contributed by atoms with Crippen LogP contribution in [0.5, 0.6) is 5.75 Å². The van der Waals surface area contributed by atoms with E-state index in [1.807, 2.05) is 66.7 Å². The number of hydrogen-bond acceptors (Lipinski definition) is 5. The van der Waals surface area contributed by atoms with Crippen LogP contribution in [0.2, 0.25) is 0 Å². The number of methoxy groups -OCH3 is 1. The largest absolute Gasteiger partial charge is 0.496 e. The van der Waals surface area contributed by atoms with Gasteiger partial charge < -0.3 is 24.9 Å². The fourth-order valence-corrected chi connectivity index (χ4v) is 3.88. The standard InChI is InChI=1S/C28H27N3O5/c1-35-24-15-14-21(19-9-4-2-5-10-19)17-22(24)26(32)31-23(13-8-16-29-28(33)34)27-30-18-25(36-27)20-11-6-3-7-12-20/h2-7,9-12,14-15,17-18,23,29H,8,13,16H2,1H3,(H,31,32)(H,33,34)/t23-/m0/s1. The van der Waals surface area contributed by atoms with Crippen LogP contribution in [0.3, 0.4) is 0 Å². The quantitative estimate of drug-likeness (QED) is 0.254. The molecule has 4 aromatic rings. The van der Waals surface area contributed by atoms with Crippen LogP contribution in [0.4, 0.5) is 4.79 Å². The summed E-state index contributed by atoms with van der Waals surface area (Å²) in [6.45, 7) is 0.237. The molecule has 0 radical (unpaired) electrons. The van der Waals surface area contributed by atoms with E-state index in [9.17, 15) is 9.59 Å². The van der Waals surface area contributed by atoms with E-state index in [0.29, 0.717) is 35.8 Å². The van der Waals surface area contributed by atoms with E-state index >= 15 is 0 Å². The number of benzene rings is 3. The van der Waals surface area contributed by atoms with Gasteiger partial charge in [0.15, 0.2) is 5.76 Å². The lowest BCUT2D eigenvalue weighted by Crippen LogP contribution is -2.30. The molecule has 0 aliphatic carbocycles. The Morgan fingerprint density at radius 1 is 0.972 bits per heavy atom. The summed E-state index contributed by atoms with van der Waals surface area (Å²) in [5, 5.41) is 14.2. The molecule has 0 spiro atoms. The van der Waals surface area contributed by atoms with Gasteiger partial charge in [0, 0.05) is 12.1 Å². The Morgan fingerprint density at radius 2 is 1.67 bits per heavy atom. The van der Waals surface area contributed by atoms with Crippen molar-refractivity contribution in [1.82, 2.24) is 15.6 Å². The fraction of sp³-hybridized carbons (Fsp3) is 0.179. The Kier molecular flexibility index (Phi) is 7.97. The van der Waals surface area contributed by atoms with E-state index in [1.165, 1.54) is 7.11 Å². The van der Waals surface area contributed by atoms with Gasteiger partial charge in [-0.05, 0) is 36.1 Å². The molecule has 1 heterocycles. The zero-order valence-corrected chi connectivity index (χ0v) is 19.8. The molecule has 0 fully saturated rings. The highest BCUT2D eigenvalue weighted by Gasteiger charge is 2.23. The molecule has 8 nitrogen and oxygen atoms in total. The maximum Gasteiger partial charge on any atom is 0.404 e. The van der Waals surface area contributed by atoms with Gasteiger partial charge >= 0.3 is 6.09 Å². The molecule has 8 heteroatoms. The van der Waals surface area contributed by atoms with Crippen LogP contribution >= 0.6 is 0 Å². The zero-order valence-electron chi connectivity index (χ0n) is 19.8. The molecule has 3 N–H and O–H groups in total. The number of hydrogen-bond donors (Lipinski definition) is 3. The van der Waals surface area contributed by atoms with Crippen LogP contribution in [0.1, 0.15) is 35.1 Å². The normalized spacial score (nSPS) is 11.5. The highest BCUT2D eigenvalue weighted by molar-refractivity contribution is 5.98. The van der Waals surface area contributed by atoms with Gasteiger partial charge in [-0.25, -0.2) is 9.78 Å². The van der Waals surface area contributed by atoms with E-state index in [0.717, 1.165) is 16.7 Å². The van der Waals surface area contributed by atoms with Crippen LogP contribution in [0, 0.1) is 0 Å². The van der Waals surface area contributed by atoms with Crippen LogP contribution in [0.15, 0.2) is 89.5 Å². The number of nitrogens with one attached hydrogen (secondary N) is 2. The van der Waals surface area contributed by atoms with Gasteiger partial charge in [0.2, 0.25) is 5.89 Å². The minimum absolute atomic E-state index is 0.237. The maximum absolute atomic E-state index is 13.4. The molecular formula is C28H27N3O5. The van der Waals surface area contributed by atoms with Crippen molar-refractivity contribution < 1.29 is 23.8 Å². The van der Waals surface area contributed by atoms with Crippen LogP contribution in [-0.4, -0.2) is 35.7 Å². The summed E-state index contributed by atoms with van der Waals surface area (Å²) >= 11 is 0. The lowest BCUT2D eigenvalue weighted by atomic mass is 10.0. The number of carbonyl (C=O) groups excluding carboxylic acids is 1. The summed E-state index contributed by atoms with van der Waals surface area (Å²) in [7, 11) is 1.52. The van der Waals surface area contributed by atoms with Crippen molar-refractivity contribution in [2.45, 2.75) is 18.9 Å². The molecule has 0 aliphatic heterocycles. The molecule has 2 amide bonds. The molecule has 184 valence electrons. The molecular weight excluding hydrogens is 458 g/mol. The first kappa shape index (κ1) is 24.5. The zero-order chi connectivity index (χ0) is 25.3. The molecule has 1 atom stereocenters. The number of nitrogens with zero attached hydrogens (tertiary/aromatic N) is 1. The second kappa shape index (κ2) is 11.7.